The maximum Gasteiger partial charge on any atom is 0.412 e. The molecule has 0 fully saturated rings. The molecule has 0 bridgehead atoms. The van der Waals surface area contributed by atoms with Crippen molar-refractivity contribution in [2.45, 2.75) is 6.61 Å². The van der Waals surface area contributed by atoms with Gasteiger partial charge in [0.2, 0.25) is 0 Å². The van der Waals surface area contributed by atoms with Crippen LogP contribution in [0.4, 0.5) is 25.0 Å². The van der Waals surface area contributed by atoms with Crippen LogP contribution >= 0.6 is 0 Å². The van der Waals surface area contributed by atoms with Crippen LogP contribution < -0.4 is 5.32 Å². The maximum atomic E-state index is 13.1. The highest BCUT2D eigenvalue weighted by Gasteiger charge is 2.20. The van der Waals surface area contributed by atoms with E-state index >= 15 is 0 Å². The summed E-state index contributed by atoms with van der Waals surface area (Å²) in [6.07, 6.45) is -1.02. The second kappa shape index (κ2) is 6.61. The highest BCUT2D eigenvalue weighted by molar-refractivity contribution is 5.87. The normalized spacial score (nSPS) is 10.1. The number of nitro benzene ring substituents is 1. The van der Waals surface area contributed by atoms with Gasteiger partial charge < -0.3 is 4.74 Å². The first kappa shape index (κ1) is 15.4. The van der Waals surface area contributed by atoms with Crippen molar-refractivity contribution in [1.82, 2.24) is 0 Å². The lowest BCUT2D eigenvalue weighted by atomic mass is 10.2. The minimum Gasteiger partial charge on any atom is -0.444 e. The fraction of sp³-hybridized carbons (Fsp3) is 0.0714. The third kappa shape index (κ3) is 3.75. The number of nitrogens with one attached hydrogen (secondary N) is 1. The molecule has 0 saturated carbocycles. The Morgan fingerprint density at radius 2 is 1.82 bits per heavy atom. The van der Waals surface area contributed by atoms with E-state index in [9.17, 15) is 23.7 Å². The molecule has 1 amide bonds. The van der Waals surface area contributed by atoms with Gasteiger partial charge in [-0.05, 0) is 5.56 Å². The van der Waals surface area contributed by atoms with E-state index in [0.717, 1.165) is 0 Å². The van der Waals surface area contributed by atoms with E-state index in [1.165, 1.54) is 0 Å². The zero-order valence-corrected chi connectivity index (χ0v) is 11.1. The lowest BCUT2D eigenvalue weighted by Crippen LogP contribution is -2.15. The van der Waals surface area contributed by atoms with Crippen molar-refractivity contribution in [3.63, 3.8) is 0 Å². The van der Waals surface area contributed by atoms with Crippen molar-refractivity contribution in [3.8, 4) is 0 Å². The molecule has 0 aliphatic rings. The van der Waals surface area contributed by atoms with Crippen molar-refractivity contribution >= 4 is 17.5 Å². The average molecular weight is 308 g/mol. The van der Waals surface area contributed by atoms with Crippen LogP contribution in [0.2, 0.25) is 0 Å². The van der Waals surface area contributed by atoms with Crippen molar-refractivity contribution in [3.05, 3.63) is 69.8 Å². The van der Waals surface area contributed by atoms with Gasteiger partial charge in [-0.3, -0.25) is 15.4 Å². The van der Waals surface area contributed by atoms with Crippen LogP contribution in [0.3, 0.4) is 0 Å². The Bertz CT molecular complexity index is 707. The van der Waals surface area contributed by atoms with Gasteiger partial charge in [0.1, 0.15) is 12.3 Å². The standard InChI is InChI=1S/C14H10F2N2O4/c15-10-6-12(13(18(20)21)7-11(10)16)17-14(19)22-8-9-4-2-1-3-5-9/h1-7H,8H2,(H,17,19). The van der Waals surface area contributed by atoms with E-state index in [1.54, 1.807) is 30.3 Å². The Balaban J connectivity index is 2.08. The molecule has 6 nitrogen and oxygen atoms in total. The Morgan fingerprint density at radius 1 is 1.18 bits per heavy atom. The molecule has 2 aromatic rings. The van der Waals surface area contributed by atoms with E-state index in [-0.39, 0.29) is 6.61 Å². The number of hydrogen-bond donors (Lipinski definition) is 1. The third-order valence-corrected chi connectivity index (χ3v) is 2.68. The second-order valence-corrected chi connectivity index (χ2v) is 4.23. The van der Waals surface area contributed by atoms with Crippen molar-refractivity contribution in [2.24, 2.45) is 0 Å². The molecular formula is C14H10F2N2O4. The first-order valence-electron chi connectivity index (χ1n) is 6.08. The van der Waals surface area contributed by atoms with Gasteiger partial charge in [-0.1, -0.05) is 30.3 Å². The number of halogens is 2. The summed E-state index contributed by atoms with van der Waals surface area (Å²) in [5.74, 6) is -2.70. The molecule has 0 saturated heterocycles. The molecule has 114 valence electrons. The highest BCUT2D eigenvalue weighted by Crippen LogP contribution is 2.27. The molecule has 2 aromatic carbocycles. The van der Waals surface area contributed by atoms with Crippen LogP contribution in [0, 0.1) is 21.7 Å². The zero-order chi connectivity index (χ0) is 16.1. The number of nitro groups is 1. The van der Waals surface area contributed by atoms with Crippen molar-refractivity contribution < 1.29 is 23.2 Å². The summed E-state index contributed by atoms with van der Waals surface area (Å²) in [7, 11) is 0. The molecule has 0 atom stereocenters. The monoisotopic (exact) mass is 308 g/mol. The van der Waals surface area contributed by atoms with Gasteiger partial charge in [-0.2, -0.15) is 0 Å². The Morgan fingerprint density at radius 3 is 2.45 bits per heavy atom. The van der Waals surface area contributed by atoms with Crippen LogP contribution in [-0.2, 0) is 11.3 Å². The van der Waals surface area contributed by atoms with Crippen LogP contribution in [0.1, 0.15) is 5.56 Å². The number of carbonyl (C=O) groups is 1. The lowest BCUT2D eigenvalue weighted by molar-refractivity contribution is -0.384. The molecule has 1 N–H and O–H groups in total. The molecule has 8 heteroatoms. The summed E-state index contributed by atoms with van der Waals surface area (Å²) in [5, 5.41) is 12.8. The zero-order valence-electron chi connectivity index (χ0n) is 11.1. The van der Waals surface area contributed by atoms with Gasteiger partial charge in [-0.15, -0.1) is 0 Å². The maximum absolute atomic E-state index is 13.1. The van der Waals surface area contributed by atoms with Crippen molar-refractivity contribution in [1.29, 1.82) is 0 Å². The lowest BCUT2D eigenvalue weighted by Gasteiger charge is -2.08. The molecule has 2 rings (SSSR count). The summed E-state index contributed by atoms with van der Waals surface area (Å²) in [4.78, 5) is 21.4. The summed E-state index contributed by atoms with van der Waals surface area (Å²) in [6.45, 7) is -0.0653. The largest absolute Gasteiger partial charge is 0.444 e. The smallest absolute Gasteiger partial charge is 0.412 e. The fourth-order valence-corrected chi connectivity index (χ4v) is 1.66. The van der Waals surface area contributed by atoms with Crippen LogP contribution in [0.15, 0.2) is 42.5 Å². The molecule has 22 heavy (non-hydrogen) atoms. The molecular weight excluding hydrogens is 298 g/mol. The molecule has 0 heterocycles. The van der Waals surface area contributed by atoms with Crippen molar-refractivity contribution in [2.75, 3.05) is 5.32 Å². The Labute approximate surface area is 123 Å². The predicted molar refractivity (Wildman–Crippen MR) is 73.3 cm³/mol. The van der Waals surface area contributed by atoms with Crippen LogP contribution in [0.5, 0.6) is 0 Å². The molecule has 0 aliphatic heterocycles. The molecule has 0 unspecified atom stereocenters. The fourth-order valence-electron chi connectivity index (χ4n) is 1.66. The molecule has 0 aliphatic carbocycles. The number of hydrogen-bond acceptors (Lipinski definition) is 4. The number of benzene rings is 2. The van der Waals surface area contributed by atoms with Gasteiger partial charge in [-0.25, -0.2) is 13.6 Å². The highest BCUT2D eigenvalue weighted by atomic mass is 19.2. The second-order valence-electron chi connectivity index (χ2n) is 4.23. The first-order valence-corrected chi connectivity index (χ1v) is 6.08. The third-order valence-electron chi connectivity index (χ3n) is 2.68. The van der Waals surface area contributed by atoms with Gasteiger partial charge in [0, 0.05) is 6.07 Å². The summed E-state index contributed by atoms with van der Waals surface area (Å²) < 4.78 is 31.0. The van der Waals surface area contributed by atoms with Gasteiger partial charge in [0.15, 0.2) is 11.6 Å². The number of anilines is 1. The van der Waals surface area contributed by atoms with E-state index in [1.807, 2.05) is 5.32 Å². The number of amides is 1. The molecule has 0 spiro atoms. The van der Waals surface area contributed by atoms with E-state index in [2.05, 4.69) is 0 Å². The summed E-state index contributed by atoms with van der Waals surface area (Å²) in [6, 6.07) is 9.63. The van der Waals surface area contributed by atoms with Gasteiger partial charge in [0.25, 0.3) is 5.69 Å². The van der Waals surface area contributed by atoms with E-state index in [4.69, 9.17) is 4.74 Å². The number of nitrogens with zero attached hydrogens (tertiary/aromatic N) is 1. The SMILES string of the molecule is O=C(Nc1cc(F)c(F)cc1[N+](=O)[O-])OCc1ccccc1. The molecule has 0 aromatic heterocycles. The van der Waals surface area contributed by atoms with Crippen LogP contribution in [0.25, 0.3) is 0 Å². The van der Waals surface area contributed by atoms with Crippen LogP contribution in [-0.4, -0.2) is 11.0 Å². The predicted octanol–water partition coefficient (Wildman–Crippen LogP) is 3.62. The molecule has 0 radical (unpaired) electrons. The van der Waals surface area contributed by atoms with E-state index < -0.39 is 34.0 Å². The first-order chi connectivity index (χ1) is 10.5. The Kier molecular flexibility index (Phi) is 4.62. The minimum atomic E-state index is -1.38. The Hall–Kier alpha value is -3.03. The van der Waals surface area contributed by atoms with Gasteiger partial charge in [0.05, 0.1) is 11.0 Å². The quantitative estimate of drug-likeness (QED) is 0.691. The average Bonchev–Trinajstić information content (AvgIpc) is 2.49. The summed E-state index contributed by atoms with van der Waals surface area (Å²) in [5.41, 5.74) is -0.546. The number of carbonyl (C=O) groups excluding carboxylic acids is 1. The minimum absolute atomic E-state index is 0.0653. The number of rotatable bonds is 4. The number of ether oxygens (including phenoxy) is 1. The van der Waals surface area contributed by atoms with Gasteiger partial charge >= 0.3 is 6.09 Å². The van der Waals surface area contributed by atoms with E-state index in [0.29, 0.717) is 17.7 Å². The summed E-state index contributed by atoms with van der Waals surface area (Å²) >= 11 is 0. The topological polar surface area (TPSA) is 81.5 Å².